The minimum Gasteiger partial charge on any atom is -0.798 e. The van der Waals surface area contributed by atoms with E-state index in [4.69, 9.17) is 5.11 Å². The van der Waals surface area contributed by atoms with Crippen LogP contribution in [0.5, 0.6) is 0 Å². The van der Waals surface area contributed by atoms with Gasteiger partial charge in [-0.2, -0.15) is 0 Å². The summed E-state index contributed by atoms with van der Waals surface area (Å²) in [6, 6.07) is 6.46. The van der Waals surface area contributed by atoms with Crippen molar-refractivity contribution >= 4 is 13.3 Å². The first-order valence-corrected chi connectivity index (χ1v) is 5.55. The Morgan fingerprint density at radius 3 is 2.53 bits per heavy atom. The number of aliphatic hydroxyl groups excluding tert-OH is 2. The molecule has 0 aromatic heterocycles. The Hall–Kier alpha value is 0.966. The van der Waals surface area contributed by atoms with Gasteiger partial charge in [-0.05, 0) is 10.9 Å². The van der Waals surface area contributed by atoms with Crippen molar-refractivity contribution in [1.29, 1.82) is 0 Å². The largest absolute Gasteiger partial charge is 1.00 e. The molecule has 15 heavy (non-hydrogen) atoms. The molecule has 0 spiro atoms. The Kier molecular flexibility index (Phi) is 8.64. The number of benzene rings is 1. The average molecular weight is 254 g/mol. The van der Waals surface area contributed by atoms with Crippen LogP contribution in [0.2, 0.25) is 0 Å². The van der Waals surface area contributed by atoms with Gasteiger partial charge in [-0.1, -0.05) is 24.3 Å². The third-order valence-electron chi connectivity index (χ3n) is 1.90. The zero-order chi connectivity index (χ0) is 10.6. The van der Waals surface area contributed by atoms with E-state index in [1.54, 1.807) is 18.2 Å². The third-order valence-corrected chi connectivity index (χ3v) is 2.83. The van der Waals surface area contributed by atoms with Crippen LogP contribution in [-0.2, 0) is 11.0 Å². The van der Waals surface area contributed by atoms with E-state index in [0.29, 0.717) is 5.56 Å². The molecule has 2 N–H and O–H groups in total. The van der Waals surface area contributed by atoms with Gasteiger partial charge < -0.3 is 19.7 Å². The molecule has 6 heteroatoms. The maximum atomic E-state index is 10.8. The van der Waals surface area contributed by atoms with Crippen LogP contribution in [0.3, 0.4) is 0 Å². The molecular weight excluding hydrogens is 242 g/mol. The molecule has 0 aliphatic rings. The molecule has 0 saturated heterocycles. The second-order valence-corrected chi connectivity index (χ2v) is 4.10. The molecule has 2 unspecified atom stereocenters. The van der Waals surface area contributed by atoms with Gasteiger partial charge in [0.2, 0.25) is 0 Å². The molecule has 0 aliphatic carbocycles. The first-order valence-electron chi connectivity index (χ1n) is 4.23. The van der Waals surface area contributed by atoms with Gasteiger partial charge in [-0.25, -0.2) is 0 Å². The van der Waals surface area contributed by atoms with Gasteiger partial charge in [-0.3, -0.25) is 0 Å². The Labute approximate surface area is 132 Å². The second-order valence-electron chi connectivity index (χ2n) is 2.99. The monoisotopic (exact) mass is 254 g/mol. The summed E-state index contributed by atoms with van der Waals surface area (Å²) in [5.74, 6) is 0. The SMILES string of the molecule is O=[PH]([O-])c1ccccc1CC(O)CO.[K+]. The van der Waals surface area contributed by atoms with Crippen LogP contribution >= 0.6 is 8.03 Å². The summed E-state index contributed by atoms with van der Waals surface area (Å²) in [7, 11) is -2.99. The van der Waals surface area contributed by atoms with E-state index in [9.17, 15) is 14.6 Å². The molecule has 78 valence electrons. The number of aliphatic hydroxyl groups is 2. The van der Waals surface area contributed by atoms with E-state index in [1.807, 2.05) is 0 Å². The first-order chi connectivity index (χ1) is 6.65. The maximum absolute atomic E-state index is 10.8. The fourth-order valence-corrected chi connectivity index (χ4v) is 1.90. The van der Waals surface area contributed by atoms with Crippen molar-refractivity contribution in [3.8, 4) is 0 Å². The molecule has 1 aromatic carbocycles. The van der Waals surface area contributed by atoms with Crippen molar-refractivity contribution < 1.29 is 71.1 Å². The summed E-state index contributed by atoms with van der Waals surface area (Å²) in [6.07, 6.45) is -0.747. The summed E-state index contributed by atoms with van der Waals surface area (Å²) >= 11 is 0. The molecule has 0 amide bonds. The van der Waals surface area contributed by atoms with Gasteiger partial charge in [0, 0.05) is 14.4 Å². The molecule has 4 nitrogen and oxygen atoms in total. The molecule has 1 rings (SSSR count). The molecule has 0 saturated carbocycles. The Bertz CT molecular complexity index is 332. The van der Waals surface area contributed by atoms with Crippen molar-refractivity contribution in [3.63, 3.8) is 0 Å². The van der Waals surface area contributed by atoms with Crippen molar-refractivity contribution in [2.24, 2.45) is 0 Å². The average Bonchev–Trinajstić information content (AvgIpc) is 2.18. The van der Waals surface area contributed by atoms with Crippen molar-refractivity contribution in [1.82, 2.24) is 0 Å². The topological polar surface area (TPSA) is 80.6 Å². The fourth-order valence-electron chi connectivity index (χ4n) is 1.22. The van der Waals surface area contributed by atoms with E-state index in [-0.39, 0.29) is 69.7 Å². The smallest absolute Gasteiger partial charge is 0.798 e. The summed E-state index contributed by atoms with van der Waals surface area (Å²) < 4.78 is 10.8. The third kappa shape index (κ3) is 5.21. The molecular formula is C9H12KO4P. The van der Waals surface area contributed by atoms with Crippen LogP contribution in [-0.4, -0.2) is 22.9 Å². The van der Waals surface area contributed by atoms with Crippen LogP contribution in [0.25, 0.3) is 0 Å². The van der Waals surface area contributed by atoms with Gasteiger partial charge in [0.15, 0.2) is 0 Å². The minimum atomic E-state index is -2.99. The predicted octanol–water partition coefficient (Wildman–Crippen LogP) is -3.95. The Morgan fingerprint density at radius 2 is 2.00 bits per heavy atom. The molecule has 2 atom stereocenters. The van der Waals surface area contributed by atoms with Gasteiger partial charge in [-0.15, -0.1) is 0 Å². The Morgan fingerprint density at radius 1 is 1.40 bits per heavy atom. The van der Waals surface area contributed by atoms with Crippen LogP contribution in [0.4, 0.5) is 0 Å². The van der Waals surface area contributed by atoms with E-state index < -0.39 is 14.1 Å². The molecule has 0 aliphatic heterocycles. The fraction of sp³-hybridized carbons (Fsp3) is 0.333. The van der Waals surface area contributed by atoms with Crippen molar-refractivity contribution in [3.05, 3.63) is 29.8 Å². The molecule has 0 radical (unpaired) electrons. The Balaban J connectivity index is 0.00000196. The summed E-state index contributed by atoms with van der Waals surface area (Å²) in [5.41, 5.74) is 0.549. The maximum Gasteiger partial charge on any atom is 1.00 e. The summed E-state index contributed by atoms with van der Waals surface area (Å²) in [5, 5.41) is 18.0. The number of hydrogen-bond donors (Lipinski definition) is 2. The van der Waals surface area contributed by atoms with Crippen LogP contribution < -0.4 is 61.6 Å². The van der Waals surface area contributed by atoms with Gasteiger partial charge in [0.05, 0.1) is 12.7 Å². The van der Waals surface area contributed by atoms with E-state index in [1.165, 1.54) is 6.07 Å². The first kappa shape index (κ1) is 16.0. The molecule has 0 heterocycles. The van der Waals surface area contributed by atoms with Gasteiger partial charge >= 0.3 is 51.4 Å². The standard InChI is InChI=1S/C9H13O4P.K/c10-6-8(11)5-7-3-1-2-4-9(7)14(12)13;/h1-4,8,10-11,14H,5-6H2,(H,12,13);/q;+1/p-1. The summed E-state index contributed by atoms with van der Waals surface area (Å²) in [4.78, 5) is 10.8. The van der Waals surface area contributed by atoms with Crippen molar-refractivity contribution in [2.45, 2.75) is 12.5 Å². The zero-order valence-corrected chi connectivity index (χ0v) is 12.6. The number of rotatable bonds is 4. The van der Waals surface area contributed by atoms with Crippen molar-refractivity contribution in [2.75, 3.05) is 6.61 Å². The quantitative estimate of drug-likeness (QED) is 0.424. The van der Waals surface area contributed by atoms with E-state index >= 15 is 0 Å². The second kappa shape index (κ2) is 8.12. The predicted molar refractivity (Wildman–Crippen MR) is 51.9 cm³/mol. The van der Waals surface area contributed by atoms with Gasteiger partial charge in [0.25, 0.3) is 0 Å². The minimum absolute atomic E-state index is 0. The summed E-state index contributed by atoms with van der Waals surface area (Å²) in [6.45, 7) is -0.367. The van der Waals surface area contributed by atoms with Crippen LogP contribution in [0.15, 0.2) is 24.3 Å². The van der Waals surface area contributed by atoms with Crippen LogP contribution in [0, 0.1) is 0 Å². The molecule has 1 aromatic rings. The van der Waals surface area contributed by atoms with E-state index in [2.05, 4.69) is 0 Å². The molecule has 0 fully saturated rings. The number of hydrogen-bond acceptors (Lipinski definition) is 4. The van der Waals surface area contributed by atoms with Crippen LogP contribution in [0.1, 0.15) is 5.56 Å². The van der Waals surface area contributed by atoms with Gasteiger partial charge in [0.1, 0.15) is 0 Å². The van der Waals surface area contributed by atoms with E-state index in [0.717, 1.165) is 0 Å². The molecule has 0 bridgehead atoms. The normalized spacial score (nSPS) is 14.1. The zero-order valence-electron chi connectivity index (χ0n) is 8.51.